The maximum Gasteiger partial charge on any atom is 0.248 e. The third kappa shape index (κ3) is 4.57. The number of sulfonamides is 1. The van der Waals surface area contributed by atoms with Gasteiger partial charge in [-0.2, -0.15) is 0 Å². The molecule has 0 spiro atoms. The Balaban J connectivity index is 0.00000136. The lowest BCUT2D eigenvalue weighted by Gasteiger charge is -2.09. The van der Waals surface area contributed by atoms with Crippen molar-refractivity contribution in [3.8, 4) is 11.1 Å². The zero-order valence-corrected chi connectivity index (χ0v) is 18.3. The Kier molecular flexibility index (Phi) is 6.92. The molecular weight excluding hydrogens is 394 g/mol. The van der Waals surface area contributed by atoms with E-state index in [1.807, 2.05) is 69.5 Å². The van der Waals surface area contributed by atoms with Gasteiger partial charge in [-0.15, -0.1) is 11.3 Å². The van der Waals surface area contributed by atoms with E-state index in [2.05, 4.69) is 4.98 Å². The van der Waals surface area contributed by atoms with E-state index in [1.54, 1.807) is 0 Å². The molecular formula is C20H25N3O3S2. The zero-order valence-electron chi connectivity index (χ0n) is 16.7. The summed E-state index contributed by atoms with van der Waals surface area (Å²) in [6.07, 6.45) is 0.816. The molecule has 3 aromatic rings. The van der Waals surface area contributed by atoms with Crippen molar-refractivity contribution in [1.82, 2.24) is 9.55 Å². The predicted octanol–water partition coefficient (Wildman–Crippen LogP) is 4.07. The molecule has 0 bridgehead atoms. The molecule has 0 atom stereocenters. The number of hydrogen-bond donors (Lipinski definition) is 1. The van der Waals surface area contributed by atoms with Gasteiger partial charge in [0.15, 0.2) is 6.29 Å². The van der Waals surface area contributed by atoms with E-state index in [0.717, 1.165) is 28.1 Å². The smallest absolute Gasteiger partial charge is 0.248 e. The quantitative estimate of drug-likeness (QED) is 0.631. The number of carbonyl (C=O) groups excluding carboxylic acids is 1. The number of thiophene rings is 1. The summed E-state index contributed by atoms with van der Waals surface area (Å²) in [4.78, 5) is 16.5. The van der Waals surface area contributed by atoms with Crippen LogP contribution in [0, 0.1) is 20.8 Å². The fraction of sp³-hybridized carbons (Fsp3) is 0.300. The standard InChI is InChI=1S/C18H19N3O3S2.C2H6/c1-11-8-16(18(25-11)26(19,23)24)15-6-4-14(5-7-15)9-21-13(3)20-12(2)17(21)10-22;1-2/h4-8,10H,9H2,1-3H3,(H2,19,23,24);1-2H3. The van der Waals surface area contributed by atoms with Crippen LogP contribution in [-0.4, -0.2) is 24.3 Å². The summed E-state index contributed by atoms with van der Waals surface area (Å²) < 4.78 is 25.6. The van der Waals surface area contributed by atoms with Crippen molar-refractivity contribution in [3.05, 3.63) is 58.0 Å². The molecule has 2 N–H and O–H groups in total. The third-order valence-electron chi connectivity index (χ3n) is 4.18. The summed E-state index contributed by atoms with van der Waals surface area (Å²) in [5.41, 5.74) is 3.67. The lowest BCUT2D eigenvalue weighted by molar-refractivity contribution is 0.111. The Morgan fingerprint density at radius 1 is 1.14 bits per heavy atom. The number of primary sulfonamides is 1. The molecule has 8 heteroatoms. The maximum absolute atomic E-state index is 11.8. The molecule has 28 heavy (non-hydrogen) atoms. The van der Waals surface area contributed by atoms with Crippen molar-refractivity contribution >= 4 is 27.6 Å². The molecule has 0 amide bonds. The lowest BCUT2D eigenvalue weighted by atomic mass is 10.1. The molecule has 0 unspecified atom stereocenters. The minimum absolute atomic E-state index is 0.173. The first-order chi connectivity index (χ1) is 13.2. The van der Waals surface area contributed by atoms with Gasteiger partial charge in [0, 0.05) is 17.0 Å². The van der Waals surface area contributed by atoms with Gasteiger partial charge in [0.1, 0.15) is 15.7 Å². The van der Waals surface area contributed by atoms with Gasteiger partial charge in [0.05, 0.1) is 5.69 Å². The largest absolute Gasteiger partial charge is 0.321 e. The molecule has 2 aromatic heterocycles. The molecule has 150 valence electrons. The molecule has 1 aromatic carbocycles. The number of carbonyl (C=O) groups is 1. The average molecular weight is 420 g/mol. The molecule has 0 aliphatic heterocycles. The molecule has 0 saturated heterocycles. The Bertz CT molecular complexity index is 1080. The number of aromatic nitrogens is 2. The number of hydrogen-bond acceptors (Lipinski definition) is 5. The second kappa shape index (κ2) is 8.81. The van der Waals surface area contributed by atoms with Crippen LogP contribution in [0.1, 0.15) is 46.3 Å². The first-order valence-electron chi connectivity index (χ1n) is 8.92. The van der Waals surface area contributed by atoms with Crippen molar-refractivity contribution in [2.45, 2.75) is 45.4 Å². The van der Waals surface area contributed by atoms with Crippen LogP contribution < -0.4 is 5.14 Å². The van der Waals surface area contributed by atoms with Crippen LogP contribution in [0.3, 0.4) is 0 Å². The Morgan fingerprint density at radius 2 is 1.75 bits per heavy atom. The second-order valence-electron chi connectivity index (χ2n) is 6.13. The highest BCUT2D eigenvalue weighted by atomic mass is 32.2. The maximum atomic E-state index is 11.8. The van der Waals surface area contributed by atoms with Gasteiger partial charge in [-0.05, 0) is 38.0 Å². The average Bonchev–Trinajstić information content (AvgIpc) is 3.17. The van der Waals surface area contributed by atoms with Gasteiger partial charge in [0.2, 0.25) is 10.0 Å². The second-order valence-corrected chi connectivity index (χ2v) is 9.15. The summed E-state index contributed by atoms with van der Waals surface area (Å²) in [5, 5.41) is 5.33. The highest BCUT2D eigenvalue weighted by Crippen LogP contribution is 2.34. The van der Waals surface area contributed by atoms with Crippen LogP contribution in [0.5, 0.6) is 0 Å². The zero-order chi connectivity index (χ0) is 21.1. The van der Waals surface area contributed by atoms with E-state index >= 15 is 0 Å². The molecule has 2 heterocycles. The summed E-state index contributed by atoms with van der Waals surface area (Å²) in [6.45, 7) is 10.0. The van der Waals surface area contributed by atoms with E-state index in [-0.39, 0.29) is 4.21 Å². The Labute approximate surface area is 170 Å². The van der Waals surface area contributed by atoms with Crippen LogP contribution in [0.15, 0.2) is 34.5 Å². The first-order valence-corrected chi connectivity index (χ1v) is 11.3. The minimum atomic E-state index is -3.76. The van der Waals surface area contributed by atoms with Crippen molar-refractivity contribution in [1.29, 1.82) is 0 Å². The van der Waals surface area contributed by atoms with Crippen molar-refractivity contribution < 1.29 is 13.2 Å². The van der Waals surface area contributed by atoms with Crippen molar-refractivity contribution in [2.75, 3.05) is 0 Å². The highest BCUT2D eigenvalue weighted by molar-refractivity contribution is 7.91. The minimum Gasteiger partial charge on any atom is -0.321 e. The number of nitrogens with zero attached hydrogens (tertiary/aromatic N) is 2. The fourth-order valence-corrected chi connectivity index (χ4v) is 5.05. The lowest BCUT2D eigenvalue weighted by Crippen LogP contribution is -2.11. The van der Waals surface area contributed by atoms with Gasteiger partial charge in [-0.25, -0.2) is 18.5 Å². The van der Waals surface area contributed by atoms with E-state index in [9.17, 15) is 13.2 Å². The Morgan fingerprint density at radius 3 is 2.29 bits per heavy atom. The molecule has 0 radical (unpaired) electrons. The number of imidazole rings is 1. The summed E-state index contributed by atoms with van der Waals surface area (Å²) >= 11 is 1.17. The number of rotatable bonds is 5. The molecule has 0 fully saturated rings. The van der Waals surface area contributed by atoms with Gasteiger partial charge in [0.25, 0.3) is 0 Å². The van der Waals surface area contributed by atoms with E-state index in [4.69, 9.17) is 5.14 Å². The number of aryl methyl sites for hydroxylation is 3. The Hall–Kier alpha value is -2.29. The van der Waals surface area contributed by atoms with Gasteiger partial charge in [-0.3, -0.25) is 4.79 Å². The monoisotopic (exact) mass is 419 g/mol. The van der Waals surface area contributed by atoms with Crippen LogP contribution in [0.2, 0.25) is 0 Å². The van der Waals surface area contributed by atoms with Gasteiger partial charge >= 0.3 is 0 Å². The highest BCUT2D eigenvalue weighted by Gasteiger charge is 2.19. The first kappa shape index (κ1) is 22.0. The van der Waals surface area contributed by atoms with Crippen LogP contribution in [-0.2, 0) is 16.6 Å². The normalized spacial score (nSPS) is 11.1. The summed E-state index contributed by atoms with van der Waals surface area (Å²) in [6, 6.07) is 9.39. The molecule has 3 rings (SSSR count). The molecule has 0 aliphatic rings. The number of benzene rings is 1. The van der Waals surface area contributed by atoms with Crippen LogP contribution in [0.25, 0.3) is 11.1 Å². The summed E-state index contributed by atoms with van der Waals surface area (Å²) in [5.74, 6) is 0.777. The van der Waals surface area contributed by atoms with E-state index < -0.39 is 10.0 Å². The number of aldehydes is 1. The van der Waals surface area contributed by atoms with Crippen molar-refractivity contribution in [3.63, 3.8) is 0 Å². The topological polar surface area (TPSA) is 95.0 Å². The number of nitrogens with two attached hydrogens (primary N) is 1. The van der Waals surface area contributed by atoms with Gasteiger partial charge in [-0.1, -0.05) is 38.1 Å². The third-order valence-corrected chi connectivity index (χ3v) is 6.71. The molecule has 6 nitrogen and oxygen atoms in total. The molecule has 0 aliphatic carbocycles. The van der Waals surface area contributed by atoms with Crippen LogP contribution >= 0.6 is 11.3 Å². The van der Waals surface area contributed by atoms with Crippen LogP contribution in [0.4, 0.5) is 0 Å². The van der Waals surface area contributed by atoms with Crippen molar-refractivity contribution in [2.24, 2.45) is 5.14 Å². The fourth-order valence-electron chi connectivity index (χ4n) is 2.96. The summed E-state index contributed by atoms with van der Waals surface area (Å²) in [7, 11) is -3.76. The van der Waals surface area contributed by atoms with Gasteiger partial charge < -0.3 is 4.57 Å². The van der Waals surface area contributed by atoms with E-state index in [0.29, 0.717) is 23.5 Å². The SMILES string of the molecule is CC.Cc1cc(-c2ccc(Cn3c(C)nc(C)c3C=O)cc2)c(S(N)(=O)=O)s1. The predicted molar refractivity (Wildman–Crippen MR) is 113 cm³/mol. The molecule has 0 saturated carbocycles. The van der Waals surface area contributed by atoms with E-state index in [1.165, 1.54) is 11.3 Å².